The highest BCUT2D eigenvalue weighted by molar-refractivity contribution is 7.92. The summed E-state index contributed by atoms with van der Waals surface area (Å²) in [7, 11) is -3.65. The van der Waals surface area contributed by atoms with Gasteiger partial charge in [-0.05, 0) is 30.7 Å². The normalized spacial score (nSPS) is 13.9. The molecule has 2 aromatic rings. The lowest BCUT2D eigenvalue weighted by atomic mass is 10.1. The van der Waals surface area contributed by atoms with E-state index in [9.17, 15) is 13.2 Å². The Morgan fingerprint density at radius 2 is 1.85 bits per heavy atom. The summed E-state index contributed by atoms with van der Waals surface area (Å²) >= 11 is 0. The van der Waals surface area contributed by atoms with Crippen molar-refractivity contribution in [3.63, 3.8) is 0 Å². The van der Waals surface area contributed by atoms with E-state index in [0.717, 1.165) is 10.6 Å². The lowest BCUT2D eigenvalue weighted by Crippen LogP contribution is -2.46. The molecule has 1 heterocycles. The zero-order valence-electron chi connectivity index (χ0n) is 14.5. The number of fused-ring (bicyclic) bond motifs is 1. The Bertz CT molecular complexity index is 899. The van der Waals surface area contributed by atoms with E-state index in [1.165, 1.54) is 0 Å². The van der Waals surface area contributed by atoms with Crippen molar-refractivity contribution >= 4 is 27.3 Å². The first-order chi connectivity index (χ1) is 12.4. The molecule has 1 N–H and O–H groups in total. The fourth-order valence-electron chi connectivity index (χ4n) is 2.84. The average Bonchev–Trinajstić information content (AvgIpc) is 3.06. The summed E-state index contributed by atoms with van der Waals surface area (Å²) in [6, 6.07) is 12.7. The number of nitrogens with zero attached hydrogens (tertiary/aromatic N) is 1. The third-order valence-corrected chi connectivity index (χ3v) is 5.16. The fourth-order valence-corrected chi connectivity index (χ4v) is 4.05. The maximum absolute atomic E-state index is 12.8. The van der Waals surface area contributed by atoms with E-state index in [2.05, 4.69) is 5.32 Å². The smallest absolute Gasteiger partial charge is 0.248 e. The first-order valence-electron chi connectivity index (χ1n) is 8.15. The molecular weight excluding hydrogens is 356 g/mol. The molecular formula is C18H20N2O5S. The van der Waals surface area contributed by atoms with Gasteiger partial charge in [-0.15, -0.1) is 0 Å². The number of sulfonamides is 1. The second kappa shape index (κ2) is 7.25. The molecule has 3 rings (SSSR count). The van der Waals surface area contributed by atoms with Crippen molar-refractivity contribution in [3.05, 3.63) is 48.5 Å². The molecule has 1 atom stereocenters. The number of ether oxygens (including phenoxy) is 2. The van der Waals surface area contributed by atoms with Crippen LogP contribution in [0.15, 0.2) is 48.5 Å². The van der Waals surface area contributed by atoms with Crippen LogP contribution >= 0.6 is 0 Å². The minimum Gasteiger partial charge on any atom is -0.454 e. The zero-order chi connectivity index (χ0) is 18.7. The molecule has 2 aromatic carbocycles. The Kier molecular flexibility index (Phi) is 5.03. The topological polar surface area (TPSA) is 84.9 Å². The van der Waals surface area contributed by atoms with Gasteiger partial charge in [-0.1, -0.05) is 25.1 Å². The van der Waals surface area contributed by atoms with Gasteiger partial charge < -0.3 is 14.8 Å². The van der Waals surface area contributed by atoms with E-state index in [4.69, 9.17) is 9.47 Å². The lowest BCUT2D eigenvalue weighted by Gasteiger charge is -2.30. The van der Waals surface area contributed by atoms with Gasteiger partial charge >= 0.3 is 0 Å². The summed E-state index contributed by atoms with van der Waals surface area (Å²) in [6.07, 6.45) is 1.41. The van der Waals surface area contributed by atoms with Gasteiger partial charge in [0, 0.05) is 11.8 Å². The van der Waals surface area contributed by atoms with Crippen molar-refractivity contribution in [2.24, 2.45) is 0 Å². The Morgan fingerprint density at radius 3 is 2.50 bits per heavy atom. The van der Waals surface area contributed by atoms with Crippen molar-refractivity contribution in [2.45, 2.75) is 19.4 Å². The quantitative estimate of drug-likeness (QED) is 0.838. The van der Waals surface area contributed by atoms with E-state index in [0.29, 0.717) is 29.3 Å². The maximum Gasteiger partial charge on any atom is 0.248 e. The predicted molar refractivity (Wildman–Crippen MR) is 99.0 cm³/mol. The van der Waals surface area contributed by atoms with Gasteiger partial charge in [0.25, 0.3) is 0 Å². The van der Waals surface area contributed by atoms with Gasteiger partial charge in [-0.25, -0.2) is 8.42 Å². The van der Waals surface area contributed by atoms with Crippen LogP contribution in [0.3, 0.4) is 0 Å². The first kappa shape index (κ1) is 18.1. The van der Waals surface area contributed by atoms with Crippen LogP contribution in [-0.4, -0.2) is 33.4 Å². The van der Waals surface area contributed by atoms with Crippen molar-refractivity contribution in [3.8, 4) is 11.5 Å². The molecule has 0 aromatic heterocycles. The van der Waals surface area contributed by atoms with Crippen molar-refractivity contribution in [1.29, 1.82) is 0 Å². The SMILES string of the molecule is CCC(C(=O)Nc1ccc2c(c1)OCO2)N(c1ccccc1)S(C)(=O)=O. The molecule has 7 nitrogen and oxygen atoms in total. The van der Waals surface area contributed by atoms with E-state index in [1.54, 1.807) is 55.5 Å². The number of carbonyl (C=O) groups is 1. The molecule has 0 aliphatic carbocycles. The number of rotatable bonds is 6. The fraction of sp³-hybridized carbons (Fsp3) is 0.278. The molecule has 0 saturated heterocycles. The number of nitrogens with one attached hydrogen (secondary N) is 1. The lowest BCUT2D eigenvalue weighted by molar-refractivity contribution is -0.117. The molecule has 0 saturated carbocycles. The standard InChI is InChI=1S/C18H20N2O5S/c1-3-15(20(26(2,22)23)14-7-5-4-6-8-14)18(21)19-13-9-10-16-17(11-13)25-12-24-16/h4-11,15H,3,12H2,1-2H3,(H,19,21). The van der Waals surface area contributed by atoms with Crippen LogP contribution in [-0.2, 0) is 14.8 Å². The number of carbonyl (C=O) groups excluding carboxylic acids is 1. The van der Waals surface area contributed by atoms with Crippen molar-refractivity contribution in [1.82, 2.24) is 0 Å². The van der Waals surface area contributed by atoms with E-state index < -0.39 is 22.0 Å². The van der Waals surface area contributed by atoms with Crippen molar-refractivity contribution in [2.75, 3.05) is 22.7 Å². The van der Waals surface area contributed by atoms with Crippen LogP contribution < -0.4 is 19.1 Å². The molecule has 138 valence electrons. The molecule has 8 heteroatoms. The van der Waals surface area contributed by atoms with Crippen LogP contribution in [0.1, 0.15) is 13.3 Å². The highest BCUT2D eigenvalue weighted by atomic mass is 32.2. The minimum absolute atomic E-state index is 0.139. The summed E-state index contributed by atoms with van der Waals surface area (Å²) in [5.74, 6) is 0.733. The van der Waals surface area contributed by atoms with Gasteiger partial charge in [-0.3, -0.25) is 9.10 Å². The van der Waals surface area contributed by atoms with Gasteiger partial charge in [0.1, 0.15) is 6.04 Å². The largest absolute Gasteiger partial charge is 0.454 e. The highest BCUT2D eigenvalue weighted by Gasteiger charge is 2.31. The Hall–Kier alpha value is -2.74. The summed E-state index contributed by atoms with van der Waals surface area (Å²) in [5.41, 5.74) is 0.960. The summed E-state index contributed by atoms with van der Waals surface area (Å²) in [4.78, 5) is 12.8. The molecule has 1 amide bonds. The van der Waals surface area contributed by atoms with Crippen LogP contribution in [0.5, 0.6) is 11.5 Å². The molecule has 0 radical (unpaired) electrons. The summed E-state index contributed by atoms with van der Waals surface area (Å²) in [6.45, 7) is 1.91. The number of anilines is 2. The number of benzene rings is 2. The Labute approximate surface area is 152 Å². The molecule has 0 spiro atoms. The van der Waals surface area contributed by atoms with Crippen LogP contribution in [0, 0.1) is 0 Å². The van der Waals surface area contributed by atoms with E-state index in [1.807, 2.05) is 0 Å². The van der Waals surface area contributed by atoms with Crippen LogP contribution in [0.2, 0.25) is 0 Å². The third kappa shape index (κ3) is 3.75. The van der Waals surface area contributed by atoms with E-state index >= 15 is 0 Å². The molecule has 1 aliphatic rings. The van der Waals surface area contributed by atoms with E-state index in [-0.39, 0.29) is 6.79 Å². The molecule has 26 heavy (non-hydrogen) atoms. The number of hydrogen-bond donors (Lipinski definition) is 1. The number of amides is 1. The zero-order valence-corrected chi connectivity index (χ0v) is 15.3. The second-order valence-corrected chi connectivity index (χ2v) is 7.74. The molecule has 1 aliphatic heterocycles. The summed E-state index contributed by atoms with van der Waals surface area (Å²) in [5, 5.41) is 2.76. The van der Waals surface area contributed by atoms with Crippen LogP contribution in [0.25, 0.3) is 0 Å². The predicted octanol–water partition coefficient (Wildman–Crippen LogP) is 2.60. The average molecular weight is 376 g/mol. The molecule has 0 bridgehead atoms. The monoisotopic (exact) mass is 376 g/mol. The molecule has 1 unspecified atom stereocenters. The van der Waals surface area contributed by atoms with Crippen molar-refractivity contribution < 1.29 is 22.7 Å². The Morgan fingerprint density at radius 1 is 1.15 bits per heavy atom. The maximum atomic E-state index is 12.8. The number of hydrogen-bond acceptors (Lipinski definition) is 5. The highest BCUT2D eigenvalue weighted by Crippen LogP contribution is 2.34. The Balaban J connectivity index is 1.87. The van der Waals surface area contributed by atoms with Gasteiger partial charge in [0.2, 0.25) is 22.7 Å². The summed E-state index contributed by atoms with van der Waals surface area (Å²) < 4.78 is 36.4. The first-order valence-corrected chi connectivity index (χ1v) is 10.00. The minimum atomic E-state index is -3.65. The molecule has 0 fully saturated rings. The van der Waals surface area contributed by atoms with Gasteiger partial charge in [0.15, 0.2) is 11.5 Å². The van der Waals surface area contributed by atoms with Crippen LogP contribution in [0.4, 0.5) is 11.4 Å². The van der Waals surface area contributed by atoms with Gasteiger partial charge in [-0.2, -0.15) is 0 Å². The van der Waals surface area contributed by atoms with Gasteiger partial charge in [0.05, 0.1) is 11.9 Å². The second-order valence-electron chi connectivity index (χ2n) is 5.88. The third-order valence-electron chi connectivity index (χ3n) is 3.98. The number of para-hydroxylation sites is 1.